The fraction of sp³-hybridized carbons (Fsp3) is 0.583. The van der Waals surface area contributed by atoms with Gasteiger partial charge in [0.1, 0.15) is 0 Å². The van der Waals surface area contributed by atoms with Crippen molar-refractivity contribution in [3.63, 3.8) is 0 Å². The summed E-state index contributed by atoms with van der Waals surface area (Å²) in [5.74, 6) is 0.277. The van der Waals surface area contributed by atoms with Gasteiger partial charge in [-0.15, -0.1) is 10.2 Å². The predicted octanol–water partition coefficient (Wildman–Crippen LogP) is 6.75. The van der Waals surface area contributed by atoms with Gasteiger partial charge in [-0.05, 0) is 49.3 Å². The van der Waals surface area contributed by atoms with Crippen molar-refractivity contribution in [1.82, 2.24) is 10.2 Å². The topological polar surface area (TPSA) is 35.0 Å². The van der Waals surface area contributed by atoms with Gasteiger partial charge >= 0.3 is 0 Å². The average Bonchev–Trinajstić information content (AvgIpc) is 2.75. The molecule has 0 bridgehead atoms. The van der Waals surface area contributed by atoms with Crippen LogP contribution < -0.4 is 4.74 Å². The molecule has 1 aliphatic rings. The van der Waals surface area contributed by atoms with Crippen LogP contribution in [0, 0.1) is 23.5 Å². The maximum absolute atomic E-state index is 14.7. The zero-order chi connectivity index (χ0) is 20.6. The highest BCUT2D eigenvalue weighted by molar-refractivity contribution is 5.60. The van der Waals surface area contributed by atoms with Gasteiger partial charge in [-0.3, -0.25) is 0 Å². The Morgan fingerprint density at radius 3 is 2.24 bits per heavy atom. The average molecular weight is 403 g/mol. The van der Waals surface area contributed by atoms with Gasteiger partial charge in [0.2, 0.25) is 5.88 Å². The molecule has 0 saturated heterocycles. The number of ether oxygens (including phenoxy) is 1. The van der Waals surface area contributed by atoms with E-state index in [-0.39, 0.29) is 5.56 Å². The van der Waals surface area contributed by atoms with E-state index in [1.54, 1.807) is 24.3 Å². The molecule has 2 aromatic rings. The fourth-order valence-corrected chi connectivity index (χ4v) is 4.33. The Bertz CT molecular complexity index is 771. The summed E-state index contributed by atoms with van der Waals surface area (Å²) in [5.41, 5.74) is 0.901. The largest absolute Gasteiger partial charge is 0.477 e. The maximum Gasteiger partial charge on any atom is 0.233 e. The van der Waals surface area contributed by atoms with Crippen LogP contribution in [0.3, 0.4) is 0 Å². The SMILES string of the molecule is CCCCC1CCC(CCc2ccc(-c3ccc(OCC)nn3)c(F)c2F)CC1. The van der Waals surface area contributed by atoms with Gasteiger partial charge in [-0.2, -0.15) is 0 Å². The van der Waals surface area contributed by atoms with Crippen LogP contribution in [0.5, 0.6) is 5.88 Å². The quantitative estimate of drug-likeness (QED) is 0.465. The van der Waals surface area contributed by atoms with Gasteiger partial charge in [-0.1, -0.05) is 57.9 Å². The molecule has 3 rings (SSSR count). The predicted molar refractivity (Wildman–Crippen MR) is 112 cm³/mol. The molecule has 0 spiro atoms. The summed E-state index contributed by atoms with van der Waals surface area (Å²) in [7, 11) is 0. The van der Waals surface area contributed by atoms with Crippen molar-refractivity contribution in [3.05, 3.63) is 41.5 Å². The third kappa shape index (κ3) is 5.74. The maximum atomic E-state index is 14.7. The highest BCUT2D eigenvalue weighted by Crippen LogP contribution is 2.35. The van der Waals surface area contributed by atoms with Gasteiger partial charge < -0.3 is 4.74 Å². The summed E-state index contributed by atoms with van der Waals surface area (Å²) in [6.07, 6.45) is 10.5. The van der Waals surface area contributed by atoms with Crippen molar-refractivity contribution in [1.29, 1.82) is 0 Å². The lowest BCUT2D eigenvalue weighted by molar-refractivity contribution is 0.249. The first kappa shape index (κ1) is 21.7. The van der Waals surface area contributed by atoms with E-state index < -0.39 is 11.6 Å². The van der Waals surface area contributed by atoms with Gasteiger partial charge in [0, 0.05) is 11.6 Å². The first-order valence-electron chi connectivity index (χ1n) is 11.1. The molecule has 1 aliphatic carbocycles. The number of halogens is 2. The van der Waals surface area contributed by atoms with E-state index in [1.165, 1.54) is 44.9 Å². The first-order valence-corrected chi connectivity index (χ1v) is 11.1. The molecular weight excluding hydrogens is 370 g/mol. The first-order chi connectivity index (χ1) is 14.1. The molecule has 1 saturated carbocycles. The van der Waals surface area contributed by atoms with E-state index in [0.717, 1.165) is 12.3 Å². The summed E-state index contributed by atoms with van der Waals surface area (Å²) in [6, 6.07) is 6.53. The summed E-state index contributed by atoms with van der Waals surface area (Å²) in [6.45, 7) is 4.57. The van der Waals surface area contributed by atoms with Gasteiger partial charge in [-0.25, -0.2) is 8.78 Å². The van der Waals surface area contributed by atoms with E-state index in [1.807, 2.05) is 6.92 Å². The minimum Gasteiger partial charge on any atom is -0.477 e. The minimum atomic E-state index is -0.843. The van der Waals surface area contributed by atoms with E-state index in [0.29, 0.717) is 36.1 Å². The minimum absolute atomic E-state index is 0.137. The lowest BCUT2D eigenvalue weighted by Crippen LogP contribution is -2.15. The second-order valence-electron chi connectivity index (χ2n) is 8.16. The van der Waals surface area contributed by atoms with E-state index in [2.05, 4.69) is 17.1 Å². The molecule has 0 amide bonds. The molecule has 158 valence electrons. The Kier molecular flexibility index (Phi) is 7.96. The van der Waals surface area contributed by atoms with Crippen molar-refractivity contribution < 1.29 is 13.5 Å². The molecule has 5 heteroatoms. The molecule has 1 heterocycles. The van der Waals surface area contributed by atoms with Crippen LogP contribution in [0.1, 0.15) is 70.8 Å². The molecule has 1 fully saturated rings. The number of aromatic nitrogens is 2. The lowest BCUT2D eigenvalue weighted by Gasteiger charge is -2.28. The Balaban J connectivity index is 1.58. The Labute approximate surface area is 172 Å². The van der Waals surface area contributed by atoms with Crippen LogP contribution >= 0.6 is 0 Å². The zero-order valence-electron chi connectivity index (χ0n) is 17.6. The molecule has 0 atom stereocenters. The standard InChI is InChI=1S/C24H32F2N2O/c1-3-5-6-17-7-9-18(10-8-17)11-12-19-13-14-20(24(26)23(19)25)21-15-16-22(28-27-21)29-4-2/h13-18H,3-12H2,1-2H3. The normalized spacial score (nSPS) is 19.3. The van der Waals surface area contributed by atoms with Crippen molar-refractivity contribution in [2.45, 2.75) is 71.6 Å². The molecule has 1 aromatic heterocycles. The number of hydrogen-bond acceptors (Lipinski definition) is 3. The van der Waals surface area contributed by atoms with Crippen LogP contribution in [0.4, 0.5) is 8.78 Å². The highest BCUT2D eigenvalue weighted by atomic mass is 19.2. The van der Waals surface area contributed by atoms with Crippen LogP contribution in [-0.4, -0.2) is 16.8 Å². The second-order valence-corrected chi connectivity index (χ2v) is 8.16. The molecule has 3 nitrogen and oxygen atoms in total. The van der Waals surface area contributed by atoms with Crippen molar-refractivity contribution in [2.75, 3.05) is 6.61 Å². The smallest absolute Gasteiger partial charge is 0.233 e. The zero-order valence-corrected chi connectivity index (χ0v) is 17.6. The van der Waals surface area contributed by atoms with E-state index in [9.17, 15) is 8.78 Å². The molecule has 29 heavy (non-hydrogen) atoms. The van der Waals surface area contributed by atoms with Crippen LogP contribution in [-0.2, 0) is 6.42 Å². The lowest BCUT2D eigenvalue weighted by atomic mass is 9.78. The van der Waals surface area contributed by atoms with Gasteiger partial charge in [0.15, 0.2) is 11.6 Å². The van der Waals surface area contributed by atoms with Crippen molar-refractivity contribution in [2.24, 2.45) is 11.8 Å². The molecule has 0 radical (unpaired) electrons. The highest BCUT2D eigenvalue weighted by Gasteiger charge is 2.22. The number of unbranched alkanes of at least 4 members (excludes halogenated alkanes) is 1. The number of nitrogens with zero attached hydrogens (tertiary/aromatic N) is 2. The molecule has 1 aromatic carbocycles. The van der Waals surface area contributed by atoms with Gasteiger partial charge in [0.05, 0.1) is 12.3 Å². The van der Waals surface area contributed by atoms with Crippen LogP contribution in [0.15, 0.2) is 24.3 Å². The van der Waals surface area contributed by atoms with Crippen LogP contribution in [0.2, 0.25) is 0 Å². The monoisotopic (exact) mass is 402 g/mol. The number of aryl methyl sites for hydroxylation is 1. The molecule has 0 unspecified atom stereocenters. The Hall–Kier alpha value is -2.04. The third-order valence-electron chi connectivity index (χ3n) is 6.12. The number of benzene rings is 1. The number of rotatable bonds is 9. The molecule has 0 aliphatic heterocycles. The van der Waals surface area contributed by atoms with E-state index in [4.69, 9.17) is 4.74 Å². The summed E-state index contributed by atoms with van der Waals surface area (Å²) >= 11 is 0. The summed E-state index contributed by atoms with van der Waals surface area (Å²) < 4.78 is 34.6. The van der Waals surface area contributed by atoms with Gasteiger partial charge in [0.25, 0.3) is 0 Å². The number of hydrogen-bond donors (Lipinski definition) is 0. The summed E-state index contributed by atoms with van der Waals surface area (Å²) in [5, 5.41) is 7.86. The second kappa shape index (κ2) is 10.7. The Morgan fingerprint density at radius 2 is 1.62 bits per heavy atom. The Morgan fingerprint density at radius 1 is 0.897 bits per heavy atom. The van der Waals surface area contributed by atoms with Crippen LogP contribution in [0.25, 0.3) is 11.3 Å². The fourth-order valence-electron chi connectivity index (χ4n) is 4.33. The van der Waals surface area contributed by atoms with Crippen molar-refractivity contribution >= 4 is 0 Å². The van der Waals surface area contributed by atoms with Crippen molar-refractivity contribution in [3.8, 4) is 17.1 Å². The molecule has 0 N–H and O–H groups in total. The summed E-state index contributed by atoms with van der Waals surface area (Å²) in [4.78, 5) is 0. The molecular formula is C24H32F2N2O. The third-order valence-corrected chi connectivity index (χ3v) is 6.12. The van der Waals surface area contributed by atoms with E-state index >= 15 is 0 Å².